The van der Waals surface area contributed by atoms with Gasteiger partial charge in [0.15, 0.2) is 0 Å². The number of methoxy groups -OCH3 is 1. The monoisotopic (exact) mass is 312 g/mol. The molecule has 23 heavy (non-hydrogen) atoms. The lowest BCUT2D eigenvalue weighted by atomic mass is 9.75. The third-order valence-electron chi connectivity index (χ3n) is 5.42. The molecule has 1 nitrogen and oxygen atoms in total. The molecule has 0 aliphatic heterocycles. The molecule has 0 saturated heterocycles. The van der Waals surface area contributed by atoms with E-state index in [1.165, 1.54) is 56.1 Å². The van der Waals surface area contributed by atoms with Gasteiger partial charge in [0.25, 0.3) is 0 Å². The van der Waals surface area contributed by atoms with Crippen LogP contribution in [0.15, 0.2) is 42.7 Å². The zero-order chi connectivity index (χ0) is 16.7. The summed E-state index contributed by atoms with van der Waals surface area (Å²) in [6.45, 7) is 8.44. The highest BCUT2D eigenvalue weighted by atomic mass is 16.5. The highest BCUT2D eigenvalue weighted by molar-refractivity contribution is 5.72. The molecule has 1 heteroatoms. The van der Waals surface area contributed by atoms with Gasteiger partial charge in [-0.05, 0) is 54.4 Å². The fraction of sp³-hybridized carbons (Fsp3) is 0.545. The highest BCUT2D eigenvalue weighted by Gasteiger charge is 2.22. The van der Waals surface area contributed by atoms with Gasteiger partial charge in [0, 0.05) is 0 Å². The van der Waals surface area contributed by atoms with Crippen molar-refractivity contribution in [1.82, 2.24) is 0 Å². The van der Waals surface area contributed by atoms with Crippen molar-refractivity contribution < 1.29 is 4.74 Å². The maximum atomic E-state index is 5.19. The van der Waals surface area contributed by atoms with Crippen LogP contribution in [0.2, 0.25) is 0 Å². The van der Waals surface area contributed by atoms with Crippen LogP contribution < -0.4 is 0 Å². The number of hydrogen-bond acceptors (Lipinski definition) is 1. The third kappa shape index (κ3) is 5.27. The Morgan fingerprint density at radius 2 is 1.83 bits per heavy atom. The number of allylic oxidation sites excluding steroid dienone is 3. The van der Waals surface area contributed by atoms with Crippen LogP contribution in [0.5, 0.6) is 0 Å². The fourth-order valence-corrected chi connectivity index (χ4v) is 3.83. The van der Waals surface area contributed by atoms with Crippen LogP contribution in [0.1, 0.15) is 63.5 Å². The van der Waals surface area contributed by atoms with E-state index >= 15 is 0 Å². The standard InChI is InChI=1S/C22H32O/c1-5-20-8-6-7-9-22(20)15-12-19-10-13-21(14-11-19)17(2)16-18(3)23-4/h10-11,13-14,16,20,22H,2,5-9,12,15H2,1,3-4H3/b18-16-/t20?,22-/m1/s1. The van der Waals surface area contributed by atoms with Gasteiger partial charge < -0.3 is 4.74 Å². The van der Waals surface area contributed by atoms with E-state index in [1.807, 2.05) is 13.0 Å². The van der Waals surface area contributed by atoms with Crippen molar-refractivity contribution in [1.29, 1.82) is 0 Å². The third-order valence-corrected chi connectivity index (χ3v) is 5.42. The lowest BCUT2D eigenvalue weighted by Gasteiger charge is -2.30. The zero-order valence-electron chi connectivity index (χ0n) is 15.1. The molecule has 126 valence electrons. The topological polar surface area (TPSA) is 9.23 Å². The number of rotatable bonds is 7. The molecular weight excluding hydrogens is 280 g/mol. The summed E-state index contributed by atoms with van der Waals surface area (Å²) < 4.78 is 5.19. The Bertz CT molecular complexity index is 523. The SMILES string of the molecule is C=C(/C=C(/C)OC)c1ccc(CC[C@H]2CCCCC2CC)cc1. The van der Waals surface area contributed by atoms with Crippen molar-refractivity contribution in [3.63, 3.8) is 0 Å². The molecule has 0 heterocycles. The molecule has 2 rings (SSSR count). The summed E-state index contributed by atoms with van der Waals surface area (Å²) in [5.74, 6) is 2.79. The molecule has 1 fully saturated rings. The van der Waals surface area contributed by atoms with Gasteiger partial charge in [0.2, 0.25) is 0 Å². The molecule has 1 aliphatic carbocycles. The molecule has 0 radical (unpaired) electrons. The van der Waals surface area contributed by atoms with Crippen LogP contribution in [0.3, 0.4) is 0 Å². The van der Waals surface area contributed by atoms with Gasteiger partial charge in [-0.15, -0.1) is 0 Å². The molecule has 0 bridgehead atoms. The first-order valence-corrected chi connectivity index (χ1v) is 9.14. The Hall–Kier alpha value is -1.50. The van der Waals surface area contributed by atoms with Crippen LogP contribution in [0, 0.1) is 11.8 Å². The second kappa shape index (κ2) is 8.96. The van der Waals surface area contributed by atoms with Gasteiger partial charge in [0.05, 0.1) is 12.9 Å². The van der Waals surface area contributed by atoms with Crippen molar-refractivity contribution in [2.75, 3.05) is 7.11 Å². The summed E-state index contributed by atoms with van der Waals surface area (Å²) in [6, 6.07) is 8.91. The summed E-state index contributed by atoms with van der Waals surface area (Å²) in [6.07, 6.45) is 11.7. The van der Waals surface area contributed by atoms with E-state index < -0.39 is 0 Å². The van der Waals surface area contributed by atoms with E-state index in [4.69, 9.17) is 4.74 Å². The molecule has 1 aromatic carbocycles. The molecule has 1 aliphatic rings. The molecule has 0 spiro atoms. The maximum absolute atomic E-state index is 5.19. The van der Waals surface area contributed by atoms with Gasteiger partial charge in [-0.2, -0.15) is 0 Å². The molecule has 1 saturated carbocycles. The highest BCUT2D eigenvalue weighted by Crippen LogP contribution is 2.35. The summed E-state index contributed by atoms with van der Waals surface area (Å²) in [7, 11) is 1.69. The van der Waals surface area contributed by atoms with Crippen molar-refractivity contribution in [2.24, 2.45) is 11.8 Å². The quantitative estimate of drug-likeness (QED) is 0.418. The summed E-state index contributed by atoms with van der Waals surface area (Å²) in [5, 5.41) is 0. The fourth-order valence-electron chi connectivity index (χ4n) is 3.83. The Labute approximate surface area is 142 Å². The molecule has 0 aromatic heterocycles. The van der Waals surface area contributed by atoms with Crippen molar-refractivity contribution in [2.45, 2.75) is 58.8 Å². The van der Waals surface area contributed by atoms with Gasteiger partial charge in [-0.25, -0.2) is 0 Å². The first kappa shape index (κ1) is 17.8. The number of hydrogen-bond donors (Lipinski definition) is 0. The van der Waals surface area contributed by atoms with Crippen LogP contribution in [-0.2, 0) is 11.2 Å². The minimum Gasteiger partial charge on any atom is -0.501 e. The second-order valence-corrected chi connectivity index (χ2v) is 6.93. The van der Waals surface area contributed by atoms with Crippen LogP contribution >= 0.6 is 0 Å². The predicted octanol–water partition coefficient (Wildman–Crippen LogP) is 6.40. The second-order valence-electron chi connectivity index (χ2n) is 6.93. The Balaban J connectivity index is 1.91. The van der Waals surface area contributed by atoms with E-state index in [2.05, 4.69) is 37.8 Å². The normalized spacial score (nSPS) is 22.0. The number of benzene rings is 1. The minimum atomic E-state index is 0.891. The van der Waals surface area contributed by atoms with E-state index in [-0.39, 0.29) is 0 Å². The summed E-state index contributed by atoms with van der Waals surface area (Å²) >= 11 is 0. The Morgan fingerprint density at radius 1 is 1.17 bits per heavy atom. The molecule has 2 atom stereocenters. The van der Waals surface area contributed by atoms with Crippen molar-refractivity contribution in [3.05, 3.63) is 53.8 Å². The van der Waals surface area contributed by atoms with Crippen molar-refractivity contribution in [3.8, 4) is 0 Å². The predicted molar refractivity (Wildman–Crippen MR) is 100 cm³/mol. The number of ether oxygens (including phenoxy) is 1. The maximum Gasteiger partial charge on any atom is 0.0930 e. The largest absolute Gasteiger partial charge is 0.501 e. The van der Waals surface area contributed by atoms with Gasteiger partial charge in [-0.1, -0.05) is 69.9 Å². The van der Waals surface area contributed by atoms with Crippen LogP contribution in [0.25, 0.3) is 5.57 Å². The molecular formula is C22H32O. The zero-order valence-corrected chi connectivity index (χ0v) is 15.1. The minimum absolute atomic E-state index is 0.891. The first-order chi connectivity index (χ1) is 11.1. The average molecular weight is 312 g/mol. The Kier molecular flexibility index (Phi) is 6.95. The van der Waals surface area contributed by atoms with Gasteiger partial charge in [0.1, 0.15) is 0 Å². The van der Waals surface area contributed by atoms with Gasteiger partial charge in [-0.3, -0.25) is 0 Å². The van der Waals surface area contributed by atoms with Crippen LogP contribution in [0.4, 0.5) is 0 Å². The molecule has 1 unspecified atom stereocenters. The molecule has 0 amide bonds. The summed E-state index contributed by atoms with van der Waals surface area (Å²) in [4.78, 5) is 0. The smallest absolute Gasteiger partial charge is 0.0930 e. The van der Waals surface area contributed by atoms with Crippen molar-refractivity contribution >= 4 is 5.57 Å². The molecule has 1 aromatic rings. The summed E-state index contributed by atoms with van der Waals surface area (Å²) in [5.41, 5.74) is 3.64. The van der Waals surface area contributed by atoms with E-state index in [9.17, 15) is 0 Å². The lowest BCUT2D eigenvalue weighted by molar-refractivity contribution is 0.218. The lowest BCUT2D eigenvalue weighted by Crippen LogP contribution is -2.19. The average Bonchev–Trinajstić information content (AvgIpc) is 2.60. The number of aryl methyl sites for hydroxylation is 1. The van der Waals surface area contributed by atoms with E-state index in [0.29, 0.717) is 0 Å². The van der Waals surface area contributed by atoms with Gasteiger partial charge >= 0.3 is 0 Å². The first-order valence-electron chi connectivity index (χ1n) is 9.14. The molecule has 0 N–H and O–H groups in total. The van der Waals surface area contributed by atoms with E-state index in [1.54, 1.807) is 7.11 Å². The Morgan fingerprint density at radius 3 is 2.43 bits per heavy atom. The van der Waals surface area contributed by atoms with E-state index in [0.717, 1.165) is 23.2 Å². The van der Waals surface area contributed by atoms with Crippen LogP contribution in [-0.4, -0.2) is 7.11 Å².